The van der Waals surface area contributed by atoms with E-state index >= 15 is 0 Å². The number of Topliss-reactive ketones (excluding diaryl/α,β-unsaturated/α-hetero) is 1. The van der Waals surface area contributed by atoms with E-state index < -0.39 is 11.8 Å². The van der Waals surface area contributed by atoms with Crippen molar-refractivity contribution in [3.8, 4) is 17.1 Å². The zero-order valence-corrected chi connectivity index (χ0v) is 15.3. The van der Waals surface area contributed by atoms with Crippen molar-refractivity contribution in [1.29, 1.82) is 0 Å². The summed E-state index contributed by atoms with van der Waals surface area (Å²) in [5, 5.41) is 0. The van der Waals surface area contributed by atoms with Crippen molar-refractivity contribution in [2.45, 2.75) is 6.92 Å². The molecule has 0 spiro atoms. The van der Waals surface area contributed by atoms with Gasteiger partial charge in [-0.1, -0.05) is 24.3 Å². The minimum absolute atomic E-state index is 0.0290. The third-order valence-corrected chi connectivity index (χ3v) is 4.05. The number of hydrogen-bond donors (Lipinski definition) is 2. The van der Waals surface area contributed by atoms with Crippen molar-refractivity contribution in [2.24, 2.45) is 0 Å². The maximum atomic E-state index is 12.2. The Morgan fingerprint density at radius 1 is 0.786 bits per heavy atom. The molecule has 2 amide bonds. The van der Waals surface area contributed by atoms with Gasteiger partial charge in [-0.3, -0.25) is 25.2 Å². The smallest absolute Gasteiger partial charge is 0.305 e. The lowest BCUT2D eigenvalue weighted by atomic mass is 10.1. The topological polar surface area (TPSA) is 97.6 Å². The Balaban J connectivity index is 1.62. The van der Waals surface area contributed by atoms with Gasteiger partial charge in [-0.05, 0) is 43.3 Å². The Bertz CT molecular complexity index is 1000. The molecule has 1 aromatic heterocycles. The molecule has 0 radical (unpaired) electrons. The summed E-state index contributed by atoms with van der Waals surface area (Å²) in [7, 11) is 1.53. The number of carbonyl (C=O) groups excluding carboxylic acids is 3. The van der Waals surface area contributed by atoms with Gasteiger partial charge in [0.2, 0.25) is 0 Å². The van der Waals surface area contributed by atoms with Crippen LogP contribution in [-0.2, 0) is 0 Å². The summed E-state index contributed by atoms with van der Waals surface area (Å²) in [6.45, 7) is 1.49. The molecule has 7 heteroatoms. The van der Waals surface area contributed by atoms with E-state index in [4.69, 9.17) is 9.15 Å². The molecule has 0 aliphatic rings. The second-order valence-corrected chi connectivity index (χ2v) is 5.93. The second-order valence-electron chi connectivity index (χ2n) is 5.93. The van der Waals surface area contributed by atoms with Gasteiger partial charge in [0.05, 0.1) is 7.11 Å². The molecule has 28 heavy (non-hydrogen) atoms. The van der Waals surface area contributed by atoms with Gasteiger partial charge in [-0.15, -0.1) is 0 Å². The highest BCUT2D eigenvalue weighted by molar-refractivity contribution is 5.98. The highest BCUT2D eigenvalue weighted by Gasteiger charge is 2.14. The Kier molecular flexibility index (Phi) is 5.55. The van der Waals surface area contributed by atoms with E-state index in [0.29, 0.717) is 22.6 Å². The summed E-state index contributed by atoms with van der Waals surface area (Å²) in [6, 6.07) is 16.5. The zero-order chi connectivity index (χ0) is 20.1. The predicted molar refractivity (Wildman–Crippen MR) is 102 cm³/mol. The van der Waals surface area contributed by atoms with E-state index in [0.717, 1.165) is 5.56 Å². The molecule has 2 N–H and O–H groups in total. The number of rotatable bonds is 5. The average Bonchev–Trinajstić information content (AvgIpc) is 3.22. The first-order valence-corrected chi connectivity index (χ1v) is 8.44. The van der Waals surface area contributed by atoms with Crippen molar-refractivity contribution in [3.05, 3.63) is 77.6 Å². The number of carbonyl (C=O) groups is 3. The van der Waals surface area contributed by atoms with Crippen molar-refractivity contribution < 1.29 is 23.5 Å². The third-order valence-electron chi connectivity index (χ3n) is 4.05. The third kappa shape index (κ3) is 4.27. The van der Waals surface area contributed by atoms with Gasteiger partial charge >= 0.3 is 5.91 Å². The van der Waals surface area contributed by atoms with Gasteiger partial charge in [0.15, 0.2) is 11.5 Å². The normalized spacial score (nSPS) is 10.2. The summed E-state index contributed by atoms with van der Waals surface area (Å²) < 4.78 is 10.6. The molecular formula is C21H18N2O5. The van der Waals surface area contributed by atoms with Gasteiger partial charge < -0.3 is 9.15 Å². The van der Waals surface area contributed by atoms with Crippen LogP contribution in [0.25, 0.3) is 11.3 Å². The van der Waals surface area contributed by atoms with Crippen molar-refractivity contribution in [2.75, 3.05) is 7.11 Å². The maximum absolute atomic E-state index is 12.2. The van der Waals surface area contributed by atoms with Crippen molar-refractivity contribution in [3.63, 3.8) is 0 Å². The molecule has 0 fully saturated rings. The first kappa shape index (κ1) is 18.9. The van der Waals surface area contributed by atoms with Gasteiger partial charge in [0, 0.05) is 16.7 Å². The van der Waals surface area contributed by atoms with Gasteiger partial charge in [-0.2, -0.15) is 0 Å². The summed E-state index contributed by atoms with van der Waals surface area (Å²) in [5.41, 5.74) is 6.32. The number of benzene rings is 2. The molecule has 142 valence electrons. The largest absolute Gasteiger partial charge is 0.497 e. The zero-order valence-electron chi connectivity index (χ0n) is 15.3. The summed E-state index contributed by atoms with van der Waals surface area (Å²) in [5.74, 6) is 0.0529. The van der Waals surface area contributed by atoms with Crippen LogP contribution >= 0.6 is 0 Å². The predicted octanol–water partition coefficient (Wildman–Crippen LogP) is 3.23. The van der Waals surface area contributed by atoms with Crippen LogP contribution in [0.5, 0.6) is 5.75 Å². The number of furan rings is 1. The Hall–Kier alpha value is -3.87. The van der Waals surface area contributed by atoms with E-state index in [-0.39, 0.29) is 11.5 Å². The first-order valence-electron chi connectivity index (χ1n) is 8.44. The van der Waals surface area contributed by atoms with Crippen LogP contribution in [-0.4, -0.2) is 24.7 Å². The Morgan fingerprint density at radius 3 is 2.00 bits per heavy atom. The molecule has 7 nitrogen and oxygen atoms in total. The lowest BCUT2D eigenvalue weighted by Crippen LogP contribution is -2.41. The molecule has 0 atom stereocenters. The Labute approximate surface area is 161 Å². The molecule has 0 saturated heterocycles. The van der Waals surface area contributed by atoms with Crippen LogP contribution in [0.1, 0.15) is 38.2 Å². The summed E-state index contributed by atoms with van der Waals surface area (Å²) in [4.78, 5) is 35.6. The average molecular weight is 378 g/mol. The fraction of sp³-hybridized carbons (Fsp3) is 0.0952. The van der Waals surface area contributed by atoms with Gasteiger partial charge in [0.25, 0.3) is 5.91 Å². The van der Waals surface area contributed by atoms with Crippen LogP contribution in [0, 0.1) is 0 Å². The van der Waals surface area contributed by atoms with Crippen LogP contribution < -0.4 is 15.6 Å². The highest BCUT2D eigenvalue weighted by Crippen LogP contribution is 2.22. The number of hydrazine groups is 1. The van der Waals surface area contributed by atoms with Crippen molar-refractivity contribution in [1.82, 2.24) is 10.9 Å². The first-order chi connectivity index (χ1) is 13.5. The second kappa shape index (κ2) is 8.22. The monoisotopic (exact) mass is 378 g/mol. The van der Waals surface area contributed by atoms with E-state index in [9.17, 15) is 14.4 Å². The molecule has 1 heterocycles. The van der Waals surface area contributed by atoms with E-state index in [2.05, 4.69) is 10.9 Å². The fourth-order valence-electron chi connectivity index (χ4n) is 2.47. The maximum Gasteiger partial charge on any atom is 0.305 e. The van der Waals surface area contributed by atoms with Crippen LogP contribution in [0.3, 0.4) is 0 Å². The number of hydrogen-bond acceptors (Lipinski definition) is 5. The van der Waals surface area contributed by atoms with Crippen molar-refractivity contribution >= 4 is 17.6 Å². The SMILES string of the molecule is COc1ccc(C(=O)NNC(=O)c2ccc(-c3ccc(C(C)=O)cc3)o2)cc1. The molecule has 0 saturated carbocycles. The summed E-state index contributed by atoms with van der Waals surface area (Å²) in [6.07, 6.45) is 0. The minimum Gasteiger partial charge on any atom is -0.497 e. The van der Waals surface area contributed by atoms with Crippen LogP contribution in [0.15, 0.2) is 65.1 Å². The molecule has 0 bridgehead atoms. The van der Waals surface area contributed by atoms with E-state index in [1.165, 1.54) is 20.1 Å². The molecule has 0 unspecified atom stereocenters. The molecule has 0 aliphatic heterocycles. The summed E-state index contributed by atoms with van der Waals surface area (Å²) >= 11 is 0. The Morgan fingerprint density at radius 2 is 1.39 bits per heavy atom. The number of nitrogens with one attached hydrogen (secondary N) is 2. The van der Waals surface area contributed by atoms with Crippen LogP contribution in [0.2, 0.25) is 0 Å². The van der Waals surface area contributed by atoms with E-state index in [1.54, 1.807) is 54.6 Å². The molecule has 0 aliphatic carbocycles. The molecule has 2 aromatic carbocycles. The molecule has 3 aromatic rings. The number of amides is 2. The minimum atomic E-state index is -0.589. The lowest BCUT2D eigenvalue weighted by molar-refractivity contribution is 0.0831. The number of ether oxygens (including phenoxy) is 1. The van der Waals surface area contributed by atoms with Gasteiger partial charge in [-0.25, -0.2) is 0 Å². The molecular weight excluding hydrogens is 360 g/mol. The number of methoxy groups -OCH3 is 1. The lowest BCUT2D eigenvalue weighted by Gasteiger charge is -2.06. The standard InChI is InChI=1S/C21H18N2O5/c1-13(24)14-3-5-15(6-4-14)18-11-12-19(28-18)21(26)23-22-20(25)16-7-9-17(27-2)10-8-16/h3-12H,1-2H3,(H,22,25)(H,23,26). The van der Waals surface area contributed by atoms with E-state index in [1.807, 2.05) is 0 Å². The fourth-order valence-corrected chi connectivity index (χ4v) is 2.47. The molecule has 3 rings (SSSR count). The quantitative estimate of drug-likeness (QED) is 0.525. The highest BCUT2D eigenvalue weighted by atomic mass is 16.5. The van der Waals surface area contributed by atoms with Gasteiger partial charge in [0.1, 0.15) is 11.5 Å². The number of ketones is 1. The van der Waals surface area contributed by atoms with Crippen LogP contribution in [0.4, 0.5) is 0 Å².